The molecule has 4 nitrogen and oxygen atoms in total. The fourth-order valence-corrected chi connectivity index (χ4v) is 2.42. The zero-order valence-corrected chi connectivity index (χ0v) is 13.0. The Morgan fingerprint density at radius 3 is 2.55 bits per heavy atom. The van der Waals surface area contributed by atoms with Gasteiger partial charge in [-0.2, -0.15) is 0 Å². The minimum absolute atomic E-state index is 0.0656. The number of nitrogens with two attached hydrogens (primary N) is 1. The first-order valence-electron chi connectivity index (χ1n) is 6.85. The molecule has 2 atom stereocenters. The third-order valence-electron chi connectivity index (χ3n) is 4.38. The number of rotatable bonds is 7. The highest BCUT2D eigenvalue weighted by molar-refractivity contribution is 5.32. The zero-order valence-electron chi connectivity index (χ0n) is 13.0. The second kappa shape index (κ2) is 7.02. The molecule has 0 saturated heterocycles. The van der Waals surface area contributed by atoms with E-state index in [1.807, 2.05) is 14.1 Å². The van der Waals surface area contributed by atoms with E-state index in [1.165, 1.54) is 7.11 Å². The molecule has 0 saturated carbocycles. The summed E-state index contributed by atoms with van der Waals surface area (Å²) in [5, 5.41) is 0. The van der Waals surface area contributed by atoms with Gasteiger partial charge < -0.3 is 9.64 Å². The molecule has 0 aliphatic rings. The lowest BCUT2D eigenvalue weighted by Gasteiger charge is -2.42. The van der Waals surface area contributed by atoms with E-state index in [4.69, 9.17) is 10.6 Å². The maximum atomic E-state index is 14.3. The lowest BCUT2D eigenvalue weighted by molar-refractivity contribution is 0.112. The van der Waals surface area contributed by atoms with E-state index >= 15 is 0 Å². The third kappa shape index (κ3) is 3.29. The summed E-state index contributed by atoms with van der Waals surface area (Å²) in [6.07, 6.45) is 1.41. The van der Waals surface area contributed by atoms with Crippen LogP contribution in [0.2, 0.25) is 0 Å². The number of benzene rings is 1. The summed E-state index contributed by atoms with van der Waals surface area (Å²) in [4.78, 5) is 2.12. The molecule has 0 aromatic heterocycles. The Kier molecular flexibility index (Phi) is 5.92. The highest BCUT2D eigenvalue weighted by Crippen LogP contribution is 2.26. The molecule has 1 aromatic carbocycles. The molecule has 5 heteroatoms. The van der Waals surface area contributed by atoms with Crippen LogP contribution in [0.3, 0.4) is 0 Å². The van der Waals surface area contributed by atoms with Crippen molar-refractivity contribution in [2.75, 3.05) is 21.2 Å². The lowest BCUT2D eigenvalue weighted by atomic mass is 9.84. The number of methoxy groups -OCH3 is 1. The van der Waals surface area contributed by atoms with Crippen molar-refractivity contribution in [3.63, 3.8) is 0 Å². The number of hydrazine groups is 1. The molecule has 1 rings (SSSR count). The summed E-state index contributed by atoms with van der Waals surface area (Å²) in [5.41, 5.74) is 3.28. The van der Waals surface area contributed by atoms with Crippen LogP contribution in [0.1, 0.15) is 25.8 Å². The molecule has 0 fully saturated rings. The van der Waals surface area contributed by atoms with E-state index in [9.17, 15) is 4.39 Å². The summed E-state index contributed by atoms with van der Waals surface area (Å²) in [7, 11) is 5.49. The number of hydrogen-bond acceptors (Lipinski definition) is 4. The van der Waals surface area contributed by atoms with Gasteiger partial charge in [0.25, 0.3) is 0 Å². The summed E-state index contributed by atoms with van der Waals surface area (Å²) in [6.45, 7) is 4.22. The van der Waals surface area contributed by atoms with Crippen LogP contribution in [-0.4, -0.2) is 37.7 Å². The SMILES string of the molecule is CCC(C)(C(Cc1cccc(OC)c1F)NN)N(C)C. The minimum Gasteiger partial charge on any atom is -0.494 e. The second-order valence-electron chi connectivity index (χ2n) is 5.46. The molecular weight excluding hydrogens is 257 g/mol. The number of ether oxygens (including phenoxy) is 1. The van der Waals surface area contributed by atoms with Gasteiger partial charge in [0.05, 0.1) is 7.11 Å². The Morgan fingerprint density at radius 1 is 1.45 bits per heavy atom. The van der Waals surface area contributed by atoms with Crippen molar-refractivity contribution in [3.05, 3.63) is 29.6 Å². The standard InChI is InChI=1S/C15H26FN3O/c1-6-15(2,19(3)4)13(18-17)10-11-8-7-9-12(20-5)14(11)16/h7-9,13,18H,6,10,17H2,1-5H3. The van der Waals surface area contributed by atoms with Crippen molar-refractivity contribution < 1.29 is 9.13 Å². The van der Waals surface area contributed by atoms with E-state index in [1.54, 1.807) is 18.2 Å². The maximum absolute atomic E-state index is 14.3. The molecule has 0 radical (unpaired) electrons. The largest absolute Gasteiger partial charge is 0.494 e. The topological polar surface area (TPSA) is 50.5 Å². The predicted octanol–water partition coefficient (Wildman–Crippen LogP) is 1.94. The normalized spacial score (nSPS) is 16.0. The molecule has 0 spiro atoms. The highest BCUT2D eigenvalue weighted by Gasteiger charge is 2.34. The van der Waals surface area contributed by atoms with Crippen molar-refractivity contribution >= 4 is 0 Å². The molecular formula is C15H26FN3O. The first kappa shape index (κ1) is 16.9. The van der Waals surface area contributed by atoms with Crippen LogP contribution < -0.4 is 16.0 Å². The average Bonchev–Trinajstić information content (AvgIpc) is 2.45. The van der Waals surface area contributed by atoms with E-state index in [-0.39, 0.29) is 23.1 Å². The molecule has 2 unspecified atom stereocenters. The van der Waals surface area contributed by atoms with Crippen molar-refractivity contribution in [2.45, 2.75) is 38.3 Å². The average molecular weight is 283 g/mol. The Balaban J connectivity index is 3.05. The molecule has 3 N–H and O–H groups in total. The lowest BCUT2D eigenvalue weighted by Crippen LogP contribution is -2.59. The number of nitrogens with one attached hydrogen (secondary N) is 1. The van der Waals surface area contributed by atoms with Gasteiger partial charge in [-0.05, 0) is 45.5 Å². The van der Waals surface area contributed by atoms with Crippen molar-refractivity contribution in [1.29, 1.82) is 0 Å². The Labute approximate surface area is 121 Å². The summed E-state index contributed by atoms with van der Waals surface area (Å²) >= 11 is 0. The van der Waals surface area contributed by atoms with Crippen molar-refractivity contribution in [2.24, 2.45) is 5.84 Å². The van der Waals surface area contributed by atoms with Gasteiger partial charge in [0, 0.05) is 11.6 Å². The van der Waals surface area contributed by atoms with Crippen LogP contribution in [0.25, 0.3) is 0 Å². The van der Waals surface area contributed by atoms with Crippen LogP contribution in [0, 0.1) is 5.82 Å². The van der Waals surface area contributed by atoms with E-state index in [2.05, 4.69) is 24.2 Å². The monoisotopic (exact) mass is 283 g/mol. The van der Waals surface area contributed by atoms with Crippen LogP contribution >= 0.6 is 0 Å². The van der Waals surface area contributed by atoms with Gasteiger partial charge in [0.15, 0.2) is 11.6 Å². The molecule has 0 heterocycles. The number of halogens is 1. The fraction of sp³-hybridized carbons (Fsp3) is 0.600. The minimum atomic E-state index is -0.313. The smallest absolute Gasteiger partial charge is 0.168 e. The molecule has 0 bridgehead atoms. The Hall–Kier alpha value is -1.17. The summed E-state index contributed by atoms with van der Waals surface area (Å²) in [5.74, 6) is 5.66. The predicted molar refractivity (Wildman–Crippen MR) is 80.2 cm³/mol. The van der Waals surface area contributed by atoms with E-state index in [0.717, 1.165) is 6.42 Å². The first-order valence-corrected chi connectivity index (χ1v) is 6.85. The van der Waals surface area contributed by atoms with Crippen molar-refractivity contribution in [3.8, 4) is 5.75 Å². The van der Waals surface area contributed by atoms with E-state index in [0.29, 0.717) is 12.0 Å². The molecule has 0 aliphatic heterocycles. The Morgan fingerprint density at radius 2 is 2.10 bits per heavy atom. The van der Waals surface area contributed by atoms with Gasteiger partial charge in [-0.15, -0.1) is 0 Å². The summed E-state index contributed by atoms with van der Waals surface area (Å²) < 4.78 is 19.3. The van der Waals surface area contributed by atoms with Gasteiger partial charge in [-0.1, -0.05) is 19.1 Å². The second-order valence-corrected chi connectivity index (χ2v) is 5.46. The molecule has 0 amide bonds. The van der Waals surface area contributed by atoms with E-state index < -0.39 is 0 Å². The van der Waals surface area contributed by atoms with Crippen molar-refractivity contribution in [1.82, 2.24) is 10.3 Å². The zero-order chi connectivity index (χ0) is 15.3. The van der Waals surface area contributed by atoms with Gasteiger partial charge in [-0.3, -0.25) is 11.3 Å². The number of nitrogens with zero attached hydrogens (tertiary/aromatic N) is 1. The first-order chi connectivity index (χ1) is 9.40. The molecule has 0 aliphatic carbocycles. The van der Waals surface area contributed by atoms with Crippen LogP contribution in [0.15, 0.2) is 18.2 Å². The highest BCUT2D eigenvalue weighted by atomic mass is 19.1. The third-order valence-corrected chi connectivity index (χ3v) is 4.38. The van der Waals surface area contributed by atoms with Gasteiger partial charge in [0.2, 0.25) is 0 Å². The quantitative estimate of drug-likeness (QED) is 0.593. The van der Waals surface area contributed by atoms with Crippen LogP contribution in [0.4, 0.5) is 4.39 Å². The maximum Gasteiger partial charge on any atom is 0.168 e. The Bertz CT molecular complexity index is 439. The van der Waals surface area contributed by atoms with Gasteiger partial charge in [-0.25, -0.2) is 4.39 Å². The fourth-order valence-electron chi connectivity index (χ4n) is 2.42. The van der Waals surface area contributed by atoms with Crippen LogP contribution in [0.5, 0.6) is 5.75 Å². The molecule has 20 heavy (non-hydrogen) atoms. The molecule has 114 valence electrons. The summed E-state index contributed by atoms with van der Waals surface area (Å²) in [6, 6.07) is 5.12. The van der Waals surface area contributed by atoms with Gasteiger partial charge >= 0.3 is 0 Å². The number of likely N-dealkylation sites (N-methyl/N-ethyl adjacent to an activating group) is 1. The molecule has 1 aromatic rings. The number of hydrogen-bond donors (Lipinski definition) is 2. The van der Waals surface area contributed by atoms with Gasteiger partial charge in [0.1, 0.15) is 0 Å². The van der Waals surface area contributed by atoms with Crippen LogP contribution in [-0.2, 0) is 6.42 Å².